The lowest BCUT2D eigenvalue weighted by molar-refractivity contribution is 0.0949. The van der Waals surface area contributed by atoms with Crippen LogP contribution in [0.5, 0.6) is 0 Å². The molecule has 1 aliphatic carbocycles. The van der Waals surface area contributed by atoms with Crippen molar-refractivity contribution in [2.75, 3.05) is 19.0 Å². The Morgan fingerprint density at radius 2 is 1.73 bits per heavy atom. The Morgan fingerprint density at radius 3 is 2.33 bits per heavy atom. The maximum Gasteiger partial charge on any atom is 0.0530 e. The molecular formula is C13H26OS. The second-order valence-corrected chi connectivity index (χ2v) is 5.29. The van der Waals surface area contributed by atoms with Crippen LogP contribution in [0.25, 0.3) is 0 Å². The van der Waals surface area contributed by atoms with Gasteiger partial charge in [-0.15, -0.1) is 0 Å². The Labute approximate surface area is 100 Å². The van der Waals surface area contributed by atoms with Gasteiger partial charge in [-0.25, -0.2) is 0 Å². The quantitative estimate of drug-likeness (QED) is 0.439. The Morgan fingerprint density at radius 1 is 1.07 bits per heavy atom. The molecule has 0 amide bonds. The van der Waals surface area contributed by atoms with E-state index in [-0.39, 0.29) is 0 Å². The van der Waals surface area contributed by atoms with Crippen molar-refractivity contribution in [2.45, 2.75) is 58.3 Å². The van der Waals surface area contributed by atoms with Crippen molar-refractivity contribution >= 4 is 12.6 Å². The summed E-state index contributed by atoms with van der Waals surface area (Å²) >= 11 is 4.37. The lowest BCUT2D eigenvalue weighted by atomic mass is 10.1. The average molecular weight is 230 g/mol. The molecular weight excluding hydrogens is 204 g/mol. The molecule has 0 aliphatic heterocycles. The highest BCUT2D eigenvalue weighted by atomic mass is 32.1. The standard InChI is InChI=1S/C13H26OS/c1-2-3-4-5-6-7-10-14-11-13(12-15)8-9-13/h15H,2-12H2,1H3. The molecule has 1 aliphatic rings. The first kappa shape index (κ1) is 13.4. The summed E-state index contributed by atoms with van der Waals surface area (Å²) in [6, 6.07) is 0. The van der Waals surface area contributed by atoms with E-state index in [0.29, 0.717) is 5.41 Å². The third-order valence-electron chi connectivity index (χ3n) is 3.34. The third kappa shape index (κ3) is 5.82. The zero-order valence-corrected chi connectivity index (χ0v) is 11.0. The molecule has 0 spiro atoms. The van der Waals surface area contributed by atoms with Gasteiger partial charge >= 0.3 is 0 Å². The molecule has 0 N–H and O–H groups in total. The average Bonchev–Trinajstić information content (AvgIpc) is 3.03. The van der Waals surface area contributed by atoms with Crippen molar-refractivity contribution in [3.63, 3.8) is 0 Å². The maximum absolute atomic E-state index is 5.71. The third-order valence-corrected chi connectivity index (χ3v) is 4.01. The monoisotopic (exact) mass is 230 g/mol. The van der Waals surface area contributed by atoms with E-state index in [1.807, 2.05) is 0 Å². The fourth-order valence-electron chi connectivity index (χ4n) is 1.80. The van der Waals surface area contributed by atoms with Crippen LogP contribution in [0.15, 0.2) is 0 Å². The van der Waals surface area contributed by atoms with E-state index < -0.39 is 0 Å². The first-order valence-corrected chi connectivity index (χ1v) is 7.15. The predicted octanol–water partition coefficient (Wildman–Crippen LogP) is 4.07. The van der Waals surface area contributed by atoms with E-state index in [4.69, 9.17) is 4.74 Å². The van der Waals surface area contributed by atoms with Gasteiger partial charge in [0.15, 0.2) is 0 Å². The second kappa shape index (κ2) is 7.56. The number of hydrogen-bond acceptors (Lipinski definition) is 2. The van der Waals surface area contributed by atoms with Gasteiger partial charge in [0, 0.05) is 12.0 Å². The van der Waals surface area contributed by atoms with Gasteiger partial charge in [0.2, 0.25) is 0 Å². The Kier molecular flexibility index (Phi) is 6.74. The number of ether oxygens (including phenoxy) is 1. The molecule has 0 unspecified atom stereocenters. The minimum atomic E-state index is 0.478. The molecule has 1 nitrogen and oxygen atoms in total. The fourth-order valence-corrected chi connectivity index (χ4v) is 2.21. The van der Waals surface area contributed by atoms with Crippen molar-refractivity contribution in [3.8, 4) is 0 Å². The summed E-state index contributed by atoms with van der Waals surface area (Å²) in [5.74, 6) is 1.00. The van der Waals surface area contributed by atoms with E-state index in [1.165, 1.54) is 51.4 Å². The van der Waals surface area contributed by atoms with Crippen molar-refractivity contribution in [1.82, 2.24) is 0 Å². The lowest BCUT2D eigenvalue weighted by Gasteiger charge is -2.11. The first-order chi connectivity index (χ1) is 7.33. The summed E-state index contributed by atoms with van der Waals surface area (Å²) in [6.45, 7) is 4.17. The fraction of sp³-hybridized carbons (Fsp3) is 1.00. The molecule has 90 valence electrons. The van der Waals surface area contributed by atoms with Gasteiger partial charge in [0.1, 0.15) is 0 Å². The highest BCUT2D eigenvalue weighted by Crippen LogP contribution is 2.46. The zero-order chi connectivity index (χ0) is 11.0. The predicted molar refractivity (Wildman–Crippen MR) is 69.7 cm³/mol. The van der Waals surface area contributed by atoms with Crippen molar-refractivity contribution in [3.05, 3.63) is 0 Å². The summed E-state index contributed by atoms with van der Waals surface area (Å²) in [7, 11) is 0. The van der Waals surface area contributed by atoms with E-state index in [1.54, 1.807) is 0 Å². The lowest BCUT2D eigenvalue weighted by Crippen LogP contribution is -2.12. The van der Waals surface area contributed by atoms with Crippen LogP contribution >= 0.6 is 12.6 Å². The molecule has 0 atom stereocenters. The highest BCUT2D eigenvalue weighted by molar-refractivity contribution is 7.80. The smallest absolute Gasteiger partial charge is 0.0530 e. The van der Waals surface area contributed by atoms with Gasteiger partial charge in [-0.2, -0.15) is 12.6 Å². The second-order valence-electron chi connectivity index (χ2n) is 4.98. The molecule has 0 aromatic heterocycles. The van der Waals surface area contributed by atoms with Crippen LogP contribution in [0.2, 0.25) is 0 Å². The largest absolute Gasteiger partial charge is 0.381 e. The molecule has 1 rings (SSSR count). The molecule has 0 aromatic carbocycles. The molecule has 1 fully saturated rings. The summed E-state index contributed by atoms with van der Waals surface area (Å²) < 4.78 is 5.71. The minimum Gasteiger partial charge on any atom is -0.381 e. The van der Waals surface area contributed by atoms with Crippen LogP contribution in [-0.2, 0) is 4.74 Å². The molecule has 0 heterocycles. The van der Waals surface area contributed by atoms with Gasteiger partial charge in [0.05, 0.1) is 6.61 Å². The molecule has 1 saturated carbocycles. The number of unbranched alkanes of at least 4 members (excludes halogenated alkanes) is 5. The van der Waals surface area contributed by atoms with Crippen LogP contribution < -0.4 is 0 Å². The minimum absolute atomic E-state index is 0.478. The van der Waals surface area contributed by atoms with Crippen LogP contribution in [0.3, 0.4) is 0 Å². The molecule has 2 heteroatoms. The Bertz CT molecular complexity index is 155. The highest BCUT2D eigenvalue weighted by Gasteiger charge is 2.41. The van der Waals surface area contributed by atoms with E-state index >= 15 is 0 Å². The molecule has 0 bridgehead atoms. The van der Waals surface area contributed by atoms with Crippen LogP contribution in [0, 0.1) is 5.41 Å². The topological polar surface area (TPSA) is 9.23 Å². The molecule has 15 heavy (non-hydrogen) atoms. The van der Waals surface area contributed by atoms with Gasteiger partial charge in [-0.3, -0.25) is 0 Å². The molecule has 0 aromatic rings. The summed E-state index contributed by atoms with van der Waals surface area (Å²) in [4.78, 5) is 0. The van der Waals surface area contributed by atoms with Gasteiger partial charge in [0.25, 0.3) is 0 Å². The normalized spacial score (nSPS) is 18.0. The van der Waals surface area contributed by atoms with Crippen LogP contribution in [0.1, 0.15) is 58.3 Å². The van der Waals surface area contributed by atoms with Crippen molar-refractivity contribution in [1.29, 1.82) is 0 Å². The van der Waals surface area contributed by atoms with Crippen molar-refractivity contribution < 1.29 is 4.74 Å². The Hall–Kier alpha value is 0.310. The summed E-state index contributed by atoms with van der Waals surface area (Å²) in [5.41, 5.74) is 0.478. The van der Waals surface area contributed by atoms with E-state index in [0.717, 1.165) is 19.0 Å². The molecule has 0 saturated heterocycles. The first-order valence-electron chi connectivity index (χ1n) is 6.51. The maximum atomic E-state index is 5.71. The SMILES string of the molecule is CCCCCCCCOCC1(CS)CC1. The van der Waals surface area contributed by atoms with Crippen molar-refractivity contribution in [2.24, 2.45) is 5.41 Å². The number of hydrogen-bond donors (Lipinski definition) is 1. The summed E-state index contributed by atoms with van der Waals surface area (Å²) in [5, 5.41) is 0. The van der Waals surface area contributed by atoms with Crippen LogP contribution in [0.4, 0.5) is 0 Å². The van der Waals surface area contributed by atoms with Gasteiger partial charge in [-0.1, -0.05) is 39.0 Å². The van der Waals surface area contributed by atoms with E-state index in [2.05, 4.69) is 19.6 Å². The van der Waals surface area contributed by atoms with E-state index in [9.17, 15) is 0 Å². The van der Waals surface area contributed by atoms with Gasteiger partial charge in [-0.05, 0) is 25.0 Å². The van der Waals surface area contributed by atoms with Crippen LogP contribution in [-0.4, -0.2) is 19.0 Å². The molecule has 0 radical (unpaired) electrons. The number of rotatable bonds is 10. The Balaban J connectivity index is 1.77. The number of thiol groups is 1. The van der Waals surface area contributed by atoms with Gasteiger partial charge < -0.3 is 4.74 Å². The summed E-state index contributed by atoms with van der Waals surface area (Å²) in [6.07, 6.45) is 10.7. The zero-order valence-electron chi connectivity index (χ0n) is 10.1.